The van der Waals surface area contributed by atoms with Crippen molar-refractivity contribution in [2.24, 2.45) is 5.92 Å². The first-order chi connectivity index (χ1) is 7.59. The maximum Gasteiger partial charge on any atom is 0.158 e. The second-order valence-corrected chi connectivity index (χ2v) is 6.84. The molecule has 6 heteroatoms. The van der Waals surface area contributed by atoms with E-state index in [0.717, 1.165) is 6.42 Å². The van der Waals surface area contributed by atoms with E-state index < -0.39 is 9.84 Å². The topological polar surface area (TPSA) is 72.8 Å². The van der Waals surface area contributed by atoms with E-state index in [1.165, 1.54) is 0 Å². The molecule has 2 atom stereocenters. The van der Waals surface area contributed by atoms with Crippen LogP contribution >= 0.6 is 0 Å². The number of aliphatic hydroxyl groups excluding tert-OH is 1. The normalized spacial score (nSPS) is 35.3. The molecule has 2 fully saturated rings. The maximum atomic E-state index is 11.2. The van der Waals surface area contributed by atoms with Crippen molar-refractivity contribution < 1.29 is 23.0 Å². The quantitative estimate of drug-likeness (QED) is 0.759. The summed E-state index contributed by atoms with van der Waals surface area (Å²) in [4.78, 5) is 0. The first-order valence-corrected chi connectivity index (χ1v) is 7.49. The van der Waals surface area contributed by atoms with Crippen molar-refractivity contribution in [2.75, 3.05) is 24.7 Å². The minimum atomic E-state index is -2.79. The smallest absolute Gasteiger partial charge is 0.158 e. The molecule has 0 bridgehead atoms. The number of hydrogen-bond donors (Lipinski definition) is 1. The summed E-state index contributed by atoms with van der Waals surface area (Å²) >= 11 is 0. The van der Waals surface area contributed by atoms with Crippen LogP contribution in [0, 0.1) is 5.92 Å². The molecule has 0 aromatic rings. The summed E-state index contributed by atoms with van der Waals surface area (Å²) in [5, 5.41) is 8.87. The van der Waals surface area contributed by atoms with Crippen LogP contribution in [0.25, 0.3) is 0 Å². The third-order valence-electron chi connectivity index (χ3n) is 3.22. The Bertz CT molecular complexity index is 312. The van der Waals surface area contributed by atoms with Crippen LogP contribution in [0.5, 0.6) is 0 Å². The number of ether oxygens (including phenoxy) is 2. The van der Waals surface area contributed by atoms with Crippen LogP contribution in [-0.2, 0) is 19.3 Å². The van der Waals surface area contributed by atoms with Gasteiger partial charge in [-0.2, -0.15) is 0 Å². The fraction of sp³-hybridized carbons (Fsp3) is 1.00. The maximum absolute atomic E-state index is 11.2. The molecule has 0 spiro atoms. The van der Waals surface area contributed by atoms with Gasteiger partial charge in [0.05, 0.1) is 24.7 Å². The molecule has 0 aromatic heterocycles. The molecule has 94 valence electrons. The van der Waals surface area contributed by atoms with Gasteiger partial charge in [-0.3, -0.25) is 0 Å². The number of aliphatic hydroxyl groups is 1. The molecule has 0 aromatic carbocycles. The van der Waals surface area contributed by atoms with Gasteiger partial charge < -0.3 is 14.6 Å². The molecular formula is C10H18O5S. The van der Waals surface area contributed by atoms with E-state index in [-0.39, 0.29) is 30.5 Å². The second kappa shape index (κ2) is 5.00. The first-order valence-electron chi connectivity index (χ1n) is 5.67. The number of rotatable bonds is 3. The number of sulfone groups is 1. The Kier molecular flexibility index (Phi) is 3.84. The summed E-state index contributed by atoms with van der Waals surface area (Å²) in [5.74, 6) is 0.938. The Balaban J connectivity index is 1.75. The van der Waals surface area contributed by atoms with Crippen molar-refractivity contribution in [3.05, 3.63) is 0 Å². The van der Waals surface area contributed by atoms with E-state index in [4.69, 9.17) is 14.6 Å². The summed E-state index contributed by atoms with van der Waals surface area (Å²) in [6.45, 7) is 0.418. The van der Waals surface area contributed by atoms with Crippen LogP contribution in [0.15, 0.2) is 0 Å². The molecule has 0 aliphatic carbocycles. The van der Waals surface area contributed by atoms with Gasteiger partial charge >= 0.3 is 0 Å². The van der Waals surface area contributed by atoms with E-state index in [2.05, 4.69) is 0 Å². The van der Waals surface area contributed by atoms with Crippen molar-refractivity contribution in [1.29, 1.82) is 0 Å². The molecular weight excluding hydrogens is 232 g/mol. The lowest BCUT2D eigenvalue weighted by atomic mass is 9.99. The standard InChI is InChI=1S/C10H18O5S/c11-6-9-7-14-10(15-9)5-8-1-3-16(12,13)4-2-8/h8-11H,1-7H2. The highest BCUT2D eigenvalue weighted by molar-refractivity contribution is 7.91. The summed E-state index contributed by atoms with van der Waals surface area (Å²) in [7, 11) is -2.79. The molecule has 2 rings (SSSR count). The molecule has 1 N–H and O–H groups in total. The average Bonchev–Trinajstić information content (AvgIpc) is 2.69. The summed E-state index contributed by atoms with van der Waals surface area (Å²) in [6, 6.07) is 0. The Hall–Kier alpha value is -0.170. The highest BCUT2D eigenvalue weighted by atomic mass is 32.2. The largest absolute Gasteiger partial charge is 0.394 e. The summed E-state index contributed by atoms with van der Waals surface area (Å²) in [6.07, 6.45) is 1.68. The van der Waals surface area contributed by atoms with Crippen LogP contribution in [0.4, 0.5) is 0 Å². The zero-order chi connectivity index (χ0) is 11.6. The van der Waals surface area contributed by atoms with Gasteiger partial charge in [0.1, 0.15) is 15.9 Å². The molecule has 2 aliphatic rings. The van der Waals surface area contributed by atoms with Crippen molar-refractivity contribution in [1.82, 2.24) is 0 Å². The third-order valence-corrected chi connectivity index (χ3v) is 4.93. The Morgan fingerprint density at radius 1 is 1.25 bits per heavy atom. The van der Waals surface area contributed by atoms with Gasteiger partial charge in [0.15, 0.2) is 6.29 Å². The average molecular weight is 250 g/mol. The predicted octanol–water partition coefficient (Wildman–Crippen LogP) is -0.0649. The SMILES string of the molecule is O=S1(=O)CCC(CC2OCC(CO)O2)CC1. The molecule has 2 heterocycles. The Morgan fingerprint density at radius 2 is 1.94 bits per heavy atom. The van der Waals surface area contributed by atoms with Gasteiger partial charge in [0, 0.05) is 6.42 Å². The zero-order valence-corrected chi connectivity index (χ0v) is 9.99. The van der Waals surface area contributed by atoms with E-state index in [0.29, 0.717) is 25.4 Å². The summed E-state index contributed by atoms with van der Waals surface area (Å²) < 4.78 is 33.3. The van der Waals surface area contributed by atoms with E-state index >= 15 is 0 Å². The van der Waals surface area contributed by atoms with E-state index in [9.17, 15) is 8.42 Å². The monoisotopic (exact) mass is 250 g/mol. The van der Waals surface area contributed by atoms with E-state index in [1.807, 2.05) is 0 Å². The molecule has 2 saturated heterocycles. The molecule has 0 amide bonds. The highest BCUT2D eigenvalue weighted by Crippen LogP contribution is 2.27. The summed E-state index contributed by atoms with van der Waals surface area (Å²) in [5.41, 5.74) is 0. The molecule has 0 radical (unpaired) electrons. The van der Waals surface area contributed by atoms with Crippen LogP contribution < -0.4 is 0 Å². The fourth-order valence-corrected chi connectivity index (χ4v) is 3.76. The first kappa shape index (κ1) is 12.3. The lowest BCUT2D eigenvalue weighted by Crippen LogP contribution is -2.26. The van der Waals surface area contributed by atoms with Crippen molar-refractivity contribution >= 4 is 9.84 Å². The Morgan fingerprint density at radius 3 is 2.50 bits per heavy atom. The van der Waals surface area contributed by atoms with Crippen LogP contribution in [-0.4, -0.2) is 50.6 Å². The molecule has 2 unspecified atom stereocenters. The van der Waals surface area contributed by atoms with Crippen molar-refractivity contribution in [2.45, 2.75) is 31.7 Å². The van der Waals surface area contributed by atoms with Crippen LogP contribution in [0.1, 0.15) is 19.3 Å². The molecule has 2 aliphatic heterocycles. The Labute approximate surface area is 95.7 Å². The second-order valence-electron chi connectivity index (χ2n) is 4.53. The van der Waals surface area contributed by atoms with Gasteiger partial charge in [-0.05, 0) is 18.8 Å². The van der Waals surface area contributed by atoms with Gasteiger partial charge in [-0.25, -0.2) is 8.42 Å². The van der Waals surface area contributed by atoms with Crippen molar-refractivity contribution in [3.8, 4) is 0 Å². The minimum absolute atomic E-state index is 0.0183. The highest BCUT2D eigenvalue weighted by Gasteiger charge is 2.30. The van der Waals surface area contributed by atoms with Gasteiger partial charge in [0.2, 0.25) is 0 Å². The minimum Gasteiger partial charge on any atom is -0.394 e. The fourth-order valence-electron chi connectivity index (χ4n) is 2.17. The molecule has 16 heavy (non-hydrogen) atoms. The lowest BCUT2D eigenvalue weighted by molar-refractivity contribution is -0.0783. The van der Waals surface area contributed by atoms with E-state index in [1.54, 1.807) is 0 Å². The van der Waals surface area contributed by atoms with Gasteiger partial charge in [0.25, 0.3) is 0 Å². The number of hydrogen-bond acceptors (Lipinski definition) is 5. The van der Waals surface area contributed by atoms with Gasteiger partial charge in [-0.15, -0.1) is 0 Å². The van der Waals surface area contributed by atoms with Crippen LogP contribution in [0.3, 0.4) is 0 Å². The molecule has 5 nitrogen and oxygen atoms in total. The predicted molar refractivity (Wildman–Crippen MR) is 57.7 cm³/mol. The molecule has 0 saturated carbocycles. The van der Waals surface area contributed by atoms with Crippen molar-refractivity contribution in [3.63, 3.8) is 0 Å². The zero-order valence-electron chi connectivity index (χ0n) is 9.17. The third kappa shape index (κ3) is 3.16. The van der Waals surface area contributed by atoms with Crippen LogP contribution in [0.2, 0.25) is 0 Å². The lowest BCUT2D eigenvalue weighted by Gasteiger charge is -2.23. The van der Waals surface area contributed by atoms with Gasteiger partial charge in [-0.1, -0.05) is 0 Å².